The smallest absolute Gasteiger partial charge is 0.268 e. The van der Waals surface area contributed by atoms with Crippen LogP contribution in [-0.4, -0.2) is 60.2 Å². The summed E-state index contributed by atoms with van der Waals surface area (Å²) in [5.74, 6) is -0.191. The van der Waals surface area contributed by atoms with Crippen LogP contribution in [-0.2, 0) is 26.0 Å². The van der Waals surface area contributed by atoms with Crippen molar-refractivity contribution in [2.24, 2.45) is 0 Å². The molecule has 10 nitrogen and oxygen atoms in total. The summed E-state index contributed by atoms with van der Waals surface area (Å²) in [5, 5.41) is 3.05. The quantitative estimate of drug-likeness (QED) is 0.240. The van der Waals surface area contributed by atoms with Crippen LogP contribution in [0, 0.1) is 6.92 Å². The van der Waals surface area contributed by atoms with Gasteiger partial charge in [-0.05, 0) is 66.9 Å². The Morgan fingerprint density at radius 2 is 1.65 bits per heavy atom. The number of para-hydroxylation sites is 2. The van der Waals surface area contributed by atoms with E-state index in [-0.39, 0.29) is 33.8 Å². The maximum absolute atomic E-state index is 14.3. The molecular weight excluding hydrogens is 630 g/mol. The first-order chi connectivity index (χ1) is 22.1. The summed E-state index contributed by atoms with van der Waals surface area (Å²) in [6.45, 7) is 1.39. The molecule has 0 saturated carbocycles. The molecule has 0 saturated heterocycles. The summed E-state index contributed by atoms with van der Waals surface area (Å²) in [4.78, 5) is 28.7. The molecule has 4 aromatic carbocycles. The fourth-order valence-electron chi connectivity index (χ4n) is 5.13. The molecule has 1 N–H and O–H groups in total. The Morgan fingerprint density at radius 3 is 2.37 bits per heavy atom. The highest BCUT2D eigenvalue weighted by Crippen LogP contribution is 2.37. The summed E-state index contributed by atoms with van der Waals surface area (Å²) in [6.07, 6.45) is -0.398. The summed E-state index contributed by atoms with van der Waals surface area (Å²) in [5.41, 5.74) is 2.31. The predicted molar refractivity (Wildman–Crippen MR) is 177 cm³/mol. The molecular formula is C34H34ClN3O7S. The van der Waals surface area contributed by atoms with Gasteiger partial charge in [0.25, 0.3) is 15.9 Å². The number of nitrogens with one attached hydrogen (secondary N) is 1. The minimum absolute atomic E-state index is 0.117. The number of carbonyl (C=O) groups excluding carboxylic acids is 2. The van der Waals surface area contributed by atoms with Crippen molar-refractivity contribution < 1.29 is 32.2 Å². The zero-order chi connectivity index (χ0) is 32.8. The van der Waals surface area contributed by atoms with E-state index in [1.165, 1.54) is 43.4 Å². The van der Waals surface area contributed by atoms with Gasteiger partial charge in [0.2, 0.25) is 5.91 Å². The minimum atomic E-state index is -4.38. The molecule has 46 heavy (non-hydrogen) atoms. The van der Waals surface area contributed by atoms with Gasteiger partial charge in [0.15, 0.2) is 6.10 Å². The number of anilines is 2. The molecule has 1 heterocycles. The van der Waals surface area contributed by atoms with Gasteiger partial charge in [-0.25, -0.2) is 8.42 Å². The molecule has 0 fully saturated rings. The van der Waals surface area contributed by atoms with Gasteiger partial charge in [0.05, 0.1) is 37.2 Å². The highest BCUT2D eigenvalue weighted by atomic mass is 35.5. The lowest BCUT2D eigenvalue weighted by atomic mass is 10.1. The van der Waals surface area contributed by atoms with E-state index in [0.29, 0.717) is 35.7 Å². The van der Waals surface area contributed by atoms with Crippen LogP contribution in [0.15, 0.2) is 95.9 Å². The Balaban J connectivity index is 1.46. The Bertz CT molecular complexity index is 1840. The summed E-state index contributed by atoms with van der Waals surface area (Å²) in [7, 11) is -1.56. The lowest BCUT2D eigenvalue weighted by Gasteiger charge is -2.35. The lowest BCUT2D eigenvalue weighted by molar-refractivity contribution is -0.128. The van der Waals surface area contributed by atoms with E-state index >= 15 is 0 Å². The zero-order valence-electron chi connectivity index (χ0n) is 25.6. The molecule has 0 unspecified atom stereocenters. The van der Waals surface area contributed by atoms with Crippen LogP contribution in [0.25, 0.3) is 0 Å². The van der Waals surface area contributed by atoms with Crippen LogP contribution in [0.3, 0.4) is 0 Å². The second kappa shape index (κ2) is 14.1. The largest absolute Gasteiger partial charge is 0.495 e. The molecule has 2 amide bonds. The average molecular weight is 664 g/mol. The van der Waals surface area contributed by atoms with Gasteiger partial charge in [0.1, 0.15) is 28.7 Å². The fourth-order valence-corrected chi connectivity index (χ4v) is 7.03. The normalized spacial score (nSPS) is 14.1. The van der Waals surface area contributed by atoms with Crippen LogP contribution in [0.2, 0.25) is 5.02 Å². The van der Waals surface area contributed by atoms with Crippen molar-refractivity contribution in [3.8, 4) is 17.2 Å². The van der Waals surface area contributed by atoms with E-state index in [4.69, 9.17) is 25.8 Å². The number of nitrogens with zero attached hydrogens (tertiary/aromatic N) is 2. The van der Waals surface area contributed by atoms with E-state index in [0.717, 1.165) is 9.87 Å². The molecule has 240 valence electrons. The van der Waals surface area contributed by atoms with Gasteiger partial charge in [0, 0.05) is 6.54 Å². The maximum atomic E-state index is 14.3. The summed E-state index contributed by atoms with van der Waals surface area (Å²) >= 11 is 6.41. The number of carbonyl (C=O) groups is 2. The SMILES string of the molecule is COc1ccc(N(CC(=O)N2C[C@@H](C(=O)NCCc3ccccc3)Oc3ccccc32)S(=O)(=O)c2cc(C)ccc2OC)cc1Cl. The van der Waals surface area contributed by atoms with Crippen LogP contribution >= 0.6 is 11.6 Å². The number of benzene rings is 4. The number of aryl methyl sites for hydroxylation is 1. The molecule has 5 rings (SSSR count). The molecule has 0 bridgehead atoms. The van der Waals surface area contributed by atoms with Crippen molar-refractivity contribution >= 4 is 44.8 Å². The molecule has 12 heteroatoms. The van der Waals surface area contributed by atoms with Crippen molar-refractivity contribution in [1.82, 2.24) is 5.32 Å². The van der Waals surface area contributed by atoms with Crippen molar-refractivity contribution in [3.05, 3.63) is 107 Å². The van der Waals surface area contributed by atoms with Crippen LogP contribution in [0.4, 0.5) is 11.4 Å². The standard InChI is InChI=1S/C34H34ClN3O7S/c1-23-13-15-30(44-3)32(19-23)46(41,42)38(25-14-16-28(43-2)26(35)20-25)22-33(39)37-21-31(45-29-12-8-7-11-27(29)37)34(40)36-18-17-24-9-5-4-6-10-24/h4-16,19-20,31H,17-18,21-22H2,1-3H3,(H,36,40)/t31-/m0/s1. The fraction of sp³-hybridized carbons (Fsp3) is 0.235. The van der Waals surface area contributed by atoms with E-state index in [1.54, 1.807) is 43.3 Å². The van der Waals surface area contributed by atoms with Crippen molar-refractivity contribution in [3.63, 3.8) is 0 Å². The van der Waals surface area contributed by atoms with Gasteiger partial charge in [-0.15, -0.1) is 0 Å². The molecule has 0 spiro atoms. The monoisotopic (exact) mass is 663 g/mol. The second-order valence-corrected chi connectivity index (χ2v) is 12.8. The number of rotatable bonds is 11. The lowest BCUT2D eigenvalue weighted by Crippen LogP contribution is -2.53. The van der Waals surface area contributed by atoms with E-state index in [1.807, 2.05) is 30.3 Å². The van der Waals surface area contributed by atoms with Crippen LogP contribution in [0.5, 0.6) is 17.2 Å². The van der Waals surface area contributed by atoms with Gasteiger partial charge < -0.3 is 24.4 Å². The number of amides is 2. The van der Waals surface area contributed by atoms with Crippen molar-refractivity contribution in [1.29, 1.82) is 0 Å². The molecule has 0 aliphatic carbocycles. The van der Waals surface area contributed by atoms with Crippen molar-refractivity contribution in [2.45, 2.75) is 24.3 Å². The van der Waals surface area contributed by atoms with Crippen molar-refractivity contribution in [2.75, 3.05) is 43.1 Å². The maximum Gasteiger partial charge on any atom is 0.268 e. The highest BCUT2D eigenvalue weighted by molar-refractivity contribution is 7.93. The average Bonchev–Trinajstić information content (AvgIpc) is 3.06. The molecule has 0 radical (unpaired) electrons. The third-order valence-electron chi connectivity index (χ3n) is 7.51. The number of fused-ring (bicyclic) bond motifs is 1. The Kier molecular flexibility index (Phi) is 10.0. The van der Waals surface area contributed by atoms with Crippen LogP contribution in [0.1, 0.15) is 11.1 Å². The van der Waals surface area contributed by atoms with Gasteiger partial charge in [-0.2, -0.15) is 0 Å². The first-order valence-corrected chi connectivity index (χ1v) is 16.3. The van der Waals surface area contributed by atoms with Crippen LogP contribution < -0.4 is 28.7 Å². The highest BCUT2D eigenvalue weighted by Gasteiger charge is 2.37. The van der Waals surface area contributed by atoms with E-state index in [2.05, 4.69) is 5.32 Å². The Hall–Kier alpha value is -4.74. The summed E-state index contributed by atoms with van der Waals surface area (Å²) in [6, 6.07) is 25.8. The van der Waals surface area contributed by atoms with Gasteiger partial charge in [-0.3, -0.25) is 13.9 Å². The van der Waals surface area contributed by atoms with E-state index in [9.17, 15) is 18.0 Å². The number of halogens is 1. The van der Waals surface area contributed by atoms with Gasteiger partial charge >= 0.3 is 0 Å². The van der Waals surface area contributed by atoms with E-state index < -0.39 is 28.6 Å². The predicted octanol–water partition coefficient (Wildman–Crippen LogP) is 5.01. The van der Waals surface area contributed by atoms with Gasteiger partial charge in [-0.1, -0.05) is 60.1 Å². The number of hydrogen-bond donors (Lipinski definition) is 1. The third kappa shape index (κ3) is 7.05. The molecule has 0 aromatic heterocycles. The topological polar surface area (TPSA) is 114 Å². The number of sulfonamides is 1. The molecule has 1 aliphatic heterocycles. The molecule has 4 aromatic rings. The minimum Gasteiger partial charge on any atom is -0.495 e. The second-order valence-electron chi connectivity index (χ2n) is 10.6. The zero-order valence-corrected chi connectivity index (χ0v) is 27.2. The number of methoxy groups -OCH3 is 2. The third-order valence-corrected chi connectivity index (χ3v) is 9.60. The number of ether oxygens (including phenoxy) is 3. The number of hydrogen-bond acceptors (Lipinski definition) is 7. The summed E-state index contributed by atoms with van der Waals surface area (Å²) < 4.78 is 46.3. The first kappa shape index (κ1) is 32.6. The molecule has 1 atom stereocenters. The molecule has 1 aliphatic rings. The Morgan fingerprint density at radius 1 is 0.957 bits per heavy atom. The Labute approximate surface area is 273 Å². The first-order valence-electron chi connectivity index (χ1n) is 14.5.